The van der Waals surface area contributed by atoms with Crippen LogP contribution in [0, 0.1) is 17.4 Å². The van der Waals surface area contributed by atoms with E-state index >= 15 is 0 Å². The van der Waals surface area contributed by atoms with Gasteiger partial charge in [-0.15, -0.1) is 0 Å². The number of benzene rings is 2. The van der Waals surface area contributed by atoms with Crippen molar-refractivity contribution in [2.24, 2.45) is 0 Å². The van der Waals surface area contributed by atoms with Crippen molar-refractivity contribution in [3.63, 3.8) is 0 Å². The van der Waals surface area contributed by atoms with Gasteiger partial charge in [-0.3, -0.25) is 4.57 Å². The Labute approximate surface area is 215 Å². The average molecular weight is 595 g/mol. The van der Waals surface area contributed by atoms with Gasteiger partial charge in [0.1, 0.15) is 23.8 Å². The lowest BCUT2D eigenvalue weighted by molar-refractivity contribution is 0.219. The van der Waals surface area contributed by atoms with Crippen LogP contribution in [0.5, 0.6) is 5.75 Å². The maximum Gasteiger partial charge on any atom is 0.335 e. The van der Waals surface area contributed by atoms with Crippen LogP contribution in [0.4, 0.5) is 0 Å². The monoisotopic (exact) mass is 595 g/mol. The second-order valence-electron chi connectivity index (χ2n) is 8.56. The predicted molar refractivity (Wildman–Crippen MR) is 141 cm³/mol. The summed E-state index contributed by atoms with van der Waals surface area (Å²) in [4.78, 5) is 0. The Balaban J connectivity index is 1.56. The molecule has 8 heteroatoms. The first kappa shape index (κ1) is 25.4. The summed E-state index contributed by atoms with van der Waals surface area (Å²) in [6.45, 7) is 8.80. The first-order chi connectivity index (χ1) is 16.3. The van der Waals surface area contributed by atoms with Gasteiger partial charge >= 0.3 is 7.60 Å². The molecule has 0 unspecified atom stereocenters. The number of halogens is 1. The second-order valence-corrected chi connectivity index (χ2v) is 11.8. The van der Waals surface area contributed by atoms with Crippen LogP contribution >= 0.6 is 30.2 Å². The Morgan fingerprint density at radius 1 is 1.09 bits per heavy atom. The van der Waals surface area contributed by atoms with E-state index in [4.69, 9.17) is 18.3 Å². The topological polar surface area (TPSA) is 70.8 Å². The molecule has 0 aliphatic heterocycles. The average Bonchev–Trinajstić information content (AvgIpc) is 3.55. The fraction of sp³-hybridized carbons (Fsp3) is 0.423. The van der Waals surface area contributed by atoms with Crippen molar-refractivity contribution in [1.82, 2.24) is 5.16 Å². The van der Waals surface area contributed by atoms with Crippen LogP contribution in [-0.2, 0) is 26.4 Å². The Kier molecular flexibility index (Phi) is 8.18. The van der Waals surface area contributed by atoms with Crippen molar-refractivity contribution in [2.75, 3.05) is 13.2 Å². The van der Waals surface area contributed by atoms with Gasteiger partial charge in [-0.1, -0.05) is 23.4 Å². The molecule has 0 amide bonds. The number of hydrogen-bond donors (Lipinski definition) is 0. The number of hydrogen-bond acceptors (Lipinski definition) is 6. The van der Waals surface area contributed by atoms with Crippen LogP contribution in [0.25, 0.3) is 11.3 Å². The van der Waals surface area contributed by atoms with E-state index in [1.54, 1.807) is 0 Å². The predicted octanol–water partition coefficient (Wildman–Crippen LogP) is 7.79. The van der Waals surface area contributed by atoms with Crippen LogP contribution in [0.1, 0.15) is 60.6 Å². The van der Waals surface area contributed by atoms with Crippen LogP contribution in [0.15, 0.2) is 40.9 Å². The van der Waals surface area contributed by atoms with E-state index in [1.807, 2.05) is 39.0 Å². The van der Waals surface area contributed by atoms with Gasteiger partial charge in [-0.25, -0.2) is 0 Å². The molecule has 1 aliphatic rings. The lowest BCUT2D eigenvalue weighted by atomic mass is 10.0. The van der Waals surface area contributed by atoms with Gasteiger partial charge < -0.3 is 18.3 Å². The molecule has 0 radical (unpaired) electrons. The summed E-state index contributed by atoms with van der Waals surface area (Å²) in [5.41, 5.74) is 6.07. The summed E-state index contributed by atoms with van der Waals surface area (Å²) in [6, 6.07) is 12.1. The highest BCUT2D eigenvalue weighted by molar-refractivity contribution is 14.1. The Morgan fingerprint density at radius 2 is 1.82 bits per heavy atom. The Hall–Kier alpha value is -1.67. The zero-order chi connectivity index (χ0) is 24.3. The highest BCUT2D eigenvalue weighted by Gasteiger charge is 2.33. The summed E-state index contributed by atoms with van der Waals surface area (Å²) < 4.78 is 37.1. The minimum Gasteiger partial charge on any atom is -0.489 e. The molecule has 1 heterocycles. The fourth-order valence-electron chi connectivity index (χ4n) is 4.08. The zero-order valence-corrected chi connectivity index (χ0v) is 23.1. The number of ether oxygens (including phenoxy) is 1. The smallest absolute Gasteiger partial charge is 0.335 e. The molecule has 2 aromatic carbocycles. The van der Waals surface area contributed by atoms with Crippen LogP contribution < -0.4 is 4.74 Å². The molecule has 1 saturated carbocycles. The molecule has 0 saturated heterocycles. The van der Waals surface area contributed by atoms with Crippen molar-refractivity contribution >= 4 is 30.2 Å². The zero-order valence-electron chi connectivity index (χ0n) is 20.1. The molecule has 1 aromatic heterocycles. The number of aromatic nitrogens is 1. The van der Waals surface area contributed by atoms with E-state index in [0.29, 0.717) is 25.7 Å². The maximum absolute atomic E-state index is 12.9. The van der Waals surface area contributed by atoms with Gasteiger partial charge in [0.05, 0.1) is 24.9 Å². The molecular formula is C26H31INO5P. The van der Waals surface area contributed by atoms with Gasteiger partial charge in [-0.05, 0) is 98.0 Å². The quantitative estimate of drug-likeness (QED) is 0.167. The van der Waals surface area contributed by atoms with Crippen molar-refractivity contribution < 1.29 is 22.9 Å². The summed E-state index contributed by atoms with van der Waals surface area (Å²) in [5.74, 6) is 2.12. The third kappa shape index (κ3) is 5.76. The minimum atomic E-state index is -3.16. The van der Waals surface area contributed by atoms with Gasteiger partial charge in [0, 0.05) is 15.1 Å². The summed E-state index contributed by atoms with van der Waals surface area (Å²) in [7, 11) is -3.16. The fourth-order valence-corrected chi connectivity index (χ4v) is 6.78. The van der Waals surface area contributed by atoms with Crippen LogP contribution in [0.2, 0.25) is 0 Å². The van der Waals surface area contributed by atoms with Gasteiger partial charge in [0.25, 0.3) is 0 Å². The van der Waals surface area contributed by atoms with Crippen molar-refractivity contribution in [3.05, 3.63) is 68.0 Å². The number of nitrogens with zero attached hydrogens (tertiary/aromatic N) is 1. The molecule has 1 fully saturated rings. The van der Waals surface area contributed by atoms with Crippen LogP contribution in [0.3, 0.4) is 0 Å². The van der Waals surface area contributed by atoms with E-state index in [-0.39, 0.29) is 6.16 Å². The van der Waals surface area contributed by atoms with Crippen LogP contribution in [-0.4, -0.2) is 18.4 Å². The number of rotatable bonds is 11. The van der Waals surface area contributed by atoms with Gasteiger partial charge in [0.2, 0.25) is 0 Å². The highest BCUT2D eigenvalue weighted by Crippen LogP contribution is 2.52. The molecule has 0 N–H and O–H groups in total. The molecule has 6 nitrogen and oxygen atoms in total. The Bertz CT molecular complexity index is 1170. The van der Waals surface area contributed by atoms with Crippen molar-refractivity contribution in [2.45, 2.75) is 59.2 Å². The summed E-state index contributed by atoms with van der Waals surface area (Å²) >= 11 is 2.35. The molecule has 34 heavy (non-hydrogen) atoms. The Morgan fingerprint density at radius 3 is 2.44 bits per heavy atom. The molecule has 182 valence electrons. The lowest BCUT2D eigenvalue weighted by Gasteiger charge is -2.18. The first-order valence-electron chi connectivity index (χ1n) is 11.7. The third-order valence-electron chi connectivity index (χ3n) is 5.94. The highest BCUT2D eigenvalue weighted by atomic mass is 127. The summed E-state index contributed by atoms with van der Waals surface area (Å²) in [5, 5.41) is 4.47. The molecule has 4 rings (SSSR count). The van der Waals surface area contributed by atoms with Crippen molar-refractivity contribution in [3.8, 4) is 17.0 Å². The normalized spacial score (nSPS) is 13.9. The summed E-state index contributed by atoms with van der Waals surface area (Å²) in [6.07, 6.45) is 2.49. The SMILES string of the molecule is CCOP(=O)(Cc1ccc(OCc2c(-c3c(C)cccc3I)noc2C2CC2)cc1C)OCC. The number of aryl methyl sites for hydroxylation is 2. The van der Waals surface area contributed by atoms with E-state index in [1.165, 1.54) is 0 Å². The molecule has 0 spiro atoms. The van der Waals surface area contributed by atoms with Gasteiger partial charge in [0.15, 0.2) is 0 Å². The minimum absolute atomic E-state index is 0.244. The third-order valence-corrected chi connectivity index (χ3v) is 8.87. The lowest BCUT2D eigenvalue weighted by Crippen LogP contribution is -2.03. The standard InChI is InChI=1S/C26H31INO5P/c1-5-31-34(29,32-6-2)16-20-12-13-21(14-18(20)4)30-15-22-25(28-33-26(22)19-10-11-19)24-17(3)8-7-9-23(24)27/h7-9,12-14,19H,5-6,10-11,15-16H2,1-4H3. The molecule has 1 aliphatic carbocycles. The molecular weight excluding hydrogens is 564 g/mol. The van der Waals surface area contributed by atoms with Gasteiger partial charge in [-0.2, -0.15) is 0 Å². The second kappa shape index (κ2) is 10.9. The van der Waals surface area contributed by atoms with E-state index < -0.39 is 7.60 Å². The van der Waals surface area contributed by atoms with Crippen molar-refractivity contribution in [1.29, 1.82) is 0 Å². The first-order valence-corrected chi connectivity index (χ1v) is 14.5. The molecule has 0 bridgehead atoms. The largest absolute Gasteiger partial charge is 0.489 e. The molecule has 3 aromatic rings. The van der Waals surface area contributed by atoms with E-state index in [9.17, 15) is 4.57 Å². The van der Waals surface area contributed by atoms with E-state index in [2.05, 4.69) is 52.9 Å². The van der Waals surface area contributed by atoms with E-state index in [0.717, 1.165) is 61.4 Å². The maximum atomic E-state index is 12.9. The molecule has 0 atom stereocenters.